The highest BCUT2D eigenvalue weighted by atomic mass is 32.1. The minimum Gasteiger partial charge on any atom is -0.238 e. The molecule has 1 aliphatic rings. The predicted octanol–water partition coefficient (Wildman–Crippen LogP) is 6.10. The maximum absolute atomic E-state index is 13.6. The van der Waals surface area contributed by atoms with Crippen molar-refractivity contribution in [1.82, 2.24) is 0 Å². The minimum absolute atomic E-state index is 0.526. The molecule has 0 radical (unpaired) electrons. The normalized spacial score (nSPS) is 17.7. The smallest absolute Gasteiger partial charge is 0.140 e. The maximum atomic E-state index is 13.6. The van der Waals surface area contributed by atoms with Gasteiger partial charge >= 0.3 is 0 Å². The van der Waals surface area contributed by atoms with Crippen molar-refractivity contribution < 1.29 is 8.78 Å². The third-order valence-corrected chi connectivity index (χ3v) is 5.02. The number of hydrogen-bond donors (Lipinski definition) is 0. The molecule has 0 bridgehead atoms. The molecule has 0 amide bonds. The van der Waals surface area contributed by atoms with Crippen LogP contribution in [-0.4, -0.2) is 6.17 Å². The average molecular weight is 328 g/mol. The summed E-state index contributed by atoms with van der Waals surface area (Å²) in [6, 6.07) is 10.5. The standard InChI is InChI=1S/C20H18F2S/c1-13-3-4-14(2)16(9-13)11-19-7-8-20(23-19)15-5-6-17(21)12-18(22)10-15/h3-10,12,17H,11H2,1-2H3. The lowest BCUT2D eigenvalue weighted by Gasteiger charge is -2.05. The second-order valence-corrected chi connectivity index (χ2v) is 7.00. The first-order valence-electron chi connectivity index (χ1n) is 7.58. The van der Waals surface area contributed by atoms with Crippen molar-refractivity contribution in [1.29, 1.82) is 0 Å². The summed E-state index contributed by atoms with van der Waals surface area (Å²) in [7, 11) is 0. The van der Waals surface area contributed by atoms with E-state index in [0.717, 1.165) is 22.9 Å². The van der Waals surface area contributed by atoms with Crippen LogP contribution in [0.3, 0.4) is 0 Å². The zero-order chi connectivity index (χ0) is 16.4. The van der Waals surface area contributed by atoms with Gasteiger partial charge in [0.15, 0.2) is 0 Å². The van der Waals surface area contributed by atoms with Crippen LogP contribution < -0.4 is 0 Å². The SMILES string of the molecule is Cc1ccc(C)c(Cc2ccc(C3=CC(F)=CC(F)C=C3)s2)c1. The van der Waals surface area contributed by atoms with Gasteiger partial charge in [0.2, 0.25) is 0 Å². The zero-order valence-electron chi connectivity index (χ0n) is 13.1. The van der Waals surface area contributed by atoms with E-state index in [0.29, 0.717) is 0 Å². The molecule has 0 saturated heterocycles. The van der Waals surface area contributed by atoms with Crippen molar-refractivity contribution in [2.75, 3.05) is 0 Å². The highest BCUT2D eigenvalue weighted by Crippen LogP contribution is 2.30. The molecule has 2 aromatic rings. The minimum atomic E-state index is -1.36. The van der Waals surface area contributed by atoms with Crippen LogP contribution in [-0.2, 0) is 6.42 Å². The van der Waals surface area contributed by atoms with E-state index in [1.807, 2.05) is 6.07 Å². The van der Waals surface area contributed by atoms with Crippen molar-refractivity contribution in [3.8, 4) is 0 Å². The fraction of sp³-hybridized carbons (Fsp3) is 0.200. The Morgan fingerprint density at radius 3 is 2.78 bits per heavy atom. The van der Waals surface area contributed by atoms with Crippen molar-refractivity contribution in [2.45, 2.75) is 26.4 Å². The Bertz CT molecular complexity index is 809. The van der Waals surface area contributed by atoms with E-state index >= 15 is 0 Å². The van der Waals surface area contributed by atoms with Gasteiger partial charge in [0.1, 0.15) is 12.0 Å². The number of hydrogen-bond acceptors (Lipinski definition) is 1. The third-order valence-electron chi connectivity index (χ3n) is 3.89. The van der Waals surface area contributed by atoms with Crippen LogP contribution in [0.15, 0.2) is 60.5 Å². The Hall–Kier alpha value is -2.00. The van der Waals surface area contributed by atoms with Gasteiger partial charge in [-0.3, -0.25) is 0 Å². The lowest BCUT2D eigenvalue weighted by molar-refractivity contribution is 0.461. The first kappa shape index (κ1) is 15.9. The zero-order valence-corrected chi connectivity index (χ0v) is 14.0. The van der Waals surface area contributed by atoms with Crippen molar-refractivity contribution in [3.05, 3.63) is 86.9 Å². The van der Waals surface area contributed by atoms with Gasteiger partial charge in [-0.2, -0.15) is 0 Å². The first-order valence-corrected chi connectivity index (χ1v) is 8.39. The van der Waals surface area contributed by atoms with Crippen molar-refractivity contribution in [2.24, 2.45) is 0 Å². The van der Waals surface area contributed by atoms with Gasteiger partial charge in [-0.15, -0.1) is 11.3 Å². The van der Waals surface area contributed by atoms with Crippen LogP contribution in [0.2, 0.25) is 0 Å². The Labute approximate surface area is 139 Å². The lowest BCUT2D eigenvalue weighted by Crippen LogP contribution is -1.90. The summed E-state index contributed by atoms with van der Waals surface area (Å²) in [6.07, 6.45) is 4.90. The molecule has 1 aliphatic carbocycles. The summed E-state index contributed by atoms with van der Waals surface area (Å²) in [5.74, 6) is -0.526. The quantitative estimate of drug-likeness (QED) is 0.638. The fourth-order valence-electron chi connectivity index (χ4n) is 2.61. The van der Waals surface area contributed by atoms with E-state index in [9.17, 15) is 8.78 Å². The fourth-order valence-corrected chi connectivity index (χ4v) is 3.63. The van der Waals surface area contributed by atoms with Crippen LogP contribution in [0.25, 0.3) is 5.57 Å². The van der Waals surface area contributed by atoms with Crippen LogP contribution >= 0.6 is 11.3 Å². The van der Waals surface area contributed by atoms with Gasteiger partial charge in [0.05, 0.1) is 0 Å². The molecule has 0 nitrogen and oxygen atoms in total. The predicted molar refractivity (Wildman–Crippen MR) is 94.2 cm³/mol. The molecule has 1 unspecified atom stereocenters. The van der Waals surface area contributed by atoms with Crippen molar-refractivity contribution in [3.63, 3.8) is 0 Å². The third kappa shape index (κ3) is 3.85. The first-order chi connectivity index (χ1) is 11.0. The van der Waals surface area contributed by atoms with E-state index < -0.39 is 12.0 Å². The Morgan fingerprint density at radius 2 is 1.96 bits per heavy atom. The maximum Gasteiger partial charge on any atom is 0.140 e. The van der Waals surface area contributed by atoms with E-state index in [4.69, 9.17) is 0 Å². The number of alkyl halides is 1. The van der Waals surface area contributed by atoms with Gasteiger partial charge in [-0.05, 0) is 60.9 Å². The number of rotatable bonds is 3. The molecule has 0 saturated carbocycles. The summed E-state index contributed by atoms with van der Waals surface area (Å²) < 4.78 is 26.9. The topological polar surface area (TPSA) is 0 Å². The largest absolute Gasteiger partial charge is 0.238 e. The van der Waals surface area contributed by atoms with E-state index in [-0.39, 0.29) is 0 Å². The number of thiophene rings is 1. The molecule has 1 aromatic heterocycles. The van der Waals surface area contributed by atoms with E-state index in [1.165, 1.54) is 33.7 Å². The van der Waals surface area contributed by atoms with E-state index in [2.05, 4.69) is 38.1 Å². The monoisotopic (exact) mass is 328 g/mol. The Morgan fingerprint density at radius 1 is 1.13 bits per heavy atom. The molecule has 3 heteroatoms. The number of benzene rings is 1. The molecule has 118 valence electrons. The molecule has 0 aliphatic heterocycles. The summed E-state index contributed by atoms with van der Waals surface area (Å²) in [5, 5.41) is 0. The molecular weight excluding hydrogens is 310 g/mol. The Balaban J connectivity index is 1.85. The van der Waals surface area contributed by atoms with Gasteiger partial charge in [0.25, 0.3) is 0 Å². The summed E-state index contributed by atoms with van der Waals surface area (Å²) in [4.78, 5) is 2.17. The second-order valence-electron chi connectivity index (χ2n) is 5.83. The number of aryl methyl sites for hydroxylation is 2. The molecule has 1 aromatic carbocycles. The highest BCUT2D eigenvalue weighted by molar-refractivity contribution is 7.13. The lowest BCUT2D eigenvalue weighted by atomic mass is 10.0. The molecule has 3 rings (SSSR count). The van der Waals surface area contributed by atoms with Gasteiger partial charge in [0, 0.05) is 16.2 Å². The highest BCUT2D eigenvalue weighted by Gasteiger charge is 2.10. The summed E-state index contributed by atoms with van der Waals surface area (Å²) in [5.41, 5.74) is 4.54. The van der Waals surface area contributed by atoms with E-state index in [1.54, 1.807) is 17.4 Å². The summed E-state index contributed by atoms with van der Waals surface area (Å²) in [6.45, 7) is 4.20. The van der Waals surface area contributed by atoms with Crippen LogP contribution in [0, 0.1) is 13.8 Å². The van der Waals surface area contributed by atoms with Crippen LogP contribution in [0.1, 0.15) is 26.4 Å². The molecule has 0 N–H and O–H groups in total. The molecule has 23 heavy (non-hydrogen) atoms. The van der Waals surface area contributed by atoms with Crippen molar-refractivity contribution >= 4 is 16.9 Å². The average Bonchev–Trinajstić information content (AvgIpc) is 2.88. The molecular formula is C20H18F2S. The molecule has 0 fully saturated rings. The summed E-state index contributed by atoms with van der Waals surface area (Å²) >= 11 is 1.63. The molecule has 1 atom stereocenters. The van der Waals surface area contributed by atoms with Gasteiger partial charge in [-0.1, -0.05) is 29.8 Å². The number of halogens is 2. The molecule has 1 heterocycles. The number of allylic oxidation sites excluding steroid dienone is 6. The van der Waals surface area contributed by atoms with Gasteiger partial charge in [-0.25, -0.2) is 8.78 Å². The molecule has 0 spiro atoms. The van der Waals surface area contributed by atoms with Crippen LogP contribution in [0.4, 0.5) is 8.78 Å². The Kier molecular flexibility index (Phi) is 4.58. The van der Waals surface area contributed by atoms with Crippen LogP contribution in [0.5, 0.6) is 0 Å². The van der Waals surface area contributed by atoms with Gasteiger partial charge < -0.3 is 0 Å². The second kappa shape index (κ2) is 6.63.